The Hall–Kier alpha value is -4.32. The van der Waals surface area contributed by atoms with Crippen LogP contribution in [0.5, 0.6) is 5.75 Å². The Morgan fingerprint density at radius 2 is 1.84 bits per heavy atom. The van der Waals surface area contributed by atoms with Crippen molar-refractivity contribution in [3.8, 4) is 5.75 Å². The molecule has 1 unspecified atom stereocenters. The van der Waals surface area contributed by atoms with Crippen molar-refractivity contribution in [1.29, 1.82) is 0 Å². The van der Waals surface area contributed by atoms with E-state index in [-0.39, 0.29) is 42.6 Å². The van der Waals surface area contributed by atoms with E-state index in [9.17, 15) is 14.4 Å². The van der Waals surface area contributed by atoms with Crippen molar-refractivity contribution < 1.29 is 28.3 Å². The van der Waals surface area contributed by atoms with Crippen molar-refractivity contribution in [3.05, 3.63) is 65.9 Å². The highest BCUT2D eigenvalue weighted by Gasteiger charge is 2.50. The lowest BCUT2D eigenvalue weighted by atomic mass is 10.1. The zero-order valence-corrected chi connectivity index (χ0v) is 21.7. The molecule has 2 fully saturated rings. The van der Waals surface area contributed by atoms with Gasteiger partial charge >= 0.3 is 5.88 Å². The van der Waals surface area contributed by atoms with Gasteiger partial charge in [-0.3, -0.25) is 29.1 Å². The molecule has 11 nitrogen and oxygen atoms in total. The SMILES string of the molecule is COc1ccc(NC(=O)CC2C(=O)N(C3CC3)C(=S)N2Cc2c(NC(=O)c3ccccc3)on[n+]2C)cc1. The van der Waals surface area contributed by atoms with E-state index in [4.69, 9.17) is 21.5 Å². The van der Waals surface area contributed by atoms with Crippen molar-refractivity contribution in [3.63, 3.8) is 0 Å². The van der Waals surface area contributed by atoms with Crippen LogP contribution in [0.4, 0.5) is 11.6 Å². The van der Waals surface area contributed by atoms with E-state index in [1.807, 2.05) is 6.07 Å². The van der Waals surface area contributed by atoms with Gasteiger partial charge in [0.1, 0.15) is 18.3 Å². The first kappa shape index (κ1) is 25.3. The monoisotopic (exact) mass is 535 g/mol. The summed E-state index contributed by atoms with van der Waals surface area (Å²) in [7, 11) is 3.23. The third-order valence-electron chi connectivity index (χ3n) is 6.51. The molecule has 1 saturated carbocycles. The lowest BCUT2D eigenvalue weighted by Gasteiger charge is -2.22. The van der Waals surface area contributed by atoms with Gasteiger partial charge in [-0.2, -0.15) is 0 Å². The standard InChI is InChI=1S/C26H26N6O5S/c1-30-21(24(37-29-30)28-23(34)16-6-4-3-5-7-16)15-31-20(25(35)32(26(31)38)18-10-11-18)14-22(33)27-17-8-12-19(36-2)13-9-17/h3-9,12-13,18,20H,10-11,14-15H2,1-2H3,(H-,27,28,29,33,34)/p+1. The first-order valence-electron chi connectivity index (χ1n) is 12.1. The van der Waals surface area contributed by atoms with Crippen LogP contribution < -0.4 is 20.1 Å². The minimum Gasteiger partial charge on any atom is -0.497 e. The molecule has 0 radical (unpaired) electrons. The van der Waals surface area contributed by atoms with Crippen LogP contribution in [-0.2, 0) is 23.2 Å². The molecule has 1 atom stereocenters. The molecule has 12 heteroatoms. The number of aryl methyl sites for hydroxylation is 1. The van der Waals surface area contributed by atoms with Crippen molar-refractivity contribution in [1.82, 2.24) is 15.1 Å². The number of thiocarbonyl (C=S) groups is 1. The maximum atomic E-state index is 13.4. The average Bonchev–Trinajstić information content (AvgIpc) is 3.66. The smallest absolute Gasteiger partial charge is 0.307 e. The molecule has 2 N–H and O–H groups in total. The molecule has 2 aliphatic rings. The molecule has 1 aliphatic carbocycles. The normalized spacial score (nSPS) is 17.1. The first-order chi connectivity index (χ1) is 18.4. The van der Waals surface area contributed by atoms with Gasteiger partial charge in [0.05, 0.1) is 13.5 Å². The Morgan fingerprint density at radius 3 is 2.50 bits per heavy atom. The second kappa shape index (κ2) is 10.6. The molecule has 0 spiro atoms. The number of hydrogen-bond donors (Lipinski definition) is 2. The minimum atomic E-state index is -0.811. The molecular formula is C26H27N6O5S+. The number of methoxy groups -OCH3 is 1. The van der Waals surface area contributed by atoms with E-state index >= 15 is 0 Å². The van der Waals surface area contributed by atoms with Crippen LogP contribution in [0.3, 0.4) is 0 Å². The fourth-order valence-electron chi connectivity index (χ4n) is 4.31. The lowest BCUT2D eigenvalue weighted by molar-refractivity contribution is -0.746. The van der Waals surface area contributed by atoms with Gasteiger partial charge in [-0.1, -0.05) is 18.2 Å². The minimum absolute atomic E-state index is 0.0422. The number of hydrogen-bond acceptors (Lipinski definition) is 7. The van der Waals surface area contributed by atoms with Gasteiger partial charge in [-0.25, -0.2) is 0 Å². The molecule has 196 valence electrons. The molecule has 38 heavy (non-hydrogen) atoms. The number of nitrogens with one attached hydrogen (secondary N) is 2. The van der Waals surface area contributed by atoms with Crippen LogP contribution in [0.15, 0.2) is 59.1 Å². The van der Waals surface area contributed by atoms with Crippen LogP contribution in [0.25, 0.3) is 0 Å². The molecule has 2 heterocycles. The van der Waals surface area contributed by atoms with E-state index in [0.29, 0.717) is 27.8 Å². The van der Waals surface area contributed by atoms with E-state index in [2.05, 4.69) is 15.9 Å². The molecule has 2 aromatic carbocycles. The van der Waals surface area contributed by atoms with Gasteiger partial charge < -0.3 is 15.0 Å². The van der Waals surface area contributed by atoms with Crippen LogP contribution in [0.2, 0.25) is 0 Å². The van der Waals surface area contributed by atoms with Gasteiger partial charge in [0, 0.05) is 17.3 Å². The Labute approximate surface area is 224 Å². The third kappa shape index (κ3) is 5.21. The summed E-state index contributed by atoms with van der Waals surface area (Å²) in [5.74, 6) is -0.0912. The highest BCUT2D eigenvalue weighted by atomic mass is 32.1. The number of aromatic nitrogens is 2. The predicted molar refractivity (Wildman–Crippen MR) is 140 cm³/mol. The number of amides is 3. The molecule has 3 amide bonds. The fraction of sp³-hybridized carbons (Fsp3) is 0.308. The van der Waals surface area contributed by atoms with E-state index < -0.39 is 6.04 Å². The number of carbonyl (C=O) groups is 3. The van der Waals surface area contributed by atoms with Gasteiger partial charge in [0.15, 0.2) is 12.2 Å². The second-order valence-corrected chi connectivity index (χ2v) is 9.50. The van der Waals surface area contributed by atoms with E-state index in [1.54, 1.807) is 72.5 Å². The Morgan fingerprint density at radius 1 is 1.13 bits per heavy atom. The molecule has 1 aliphatic heterocycles. The summed E-state index contributed by atoms with van der Waals surface area (Å²) < 4.78 is 12.0. The predicted octanol–water partition coefficient (Wildman–Crippen LogP) is 2.25. The number of ether oxygens (including phenoxy) is 1. The topological polar surface area (TPSA) is 121 Å². The van der Waals surface area contributed by atoms with E-state index in [1.165, 1.54) is 4.68 Å². The fourth-order valence-corrected chi connectivity index (χ4v) is 4.74. The average molecular weight is 536 g/mol. The zero-order chi connectivity index (χ0) is 26.8. The summed E-state index contributed by atoms with van der Waals surface area (Å²) in [5, 5.41) is 9.87. The lowest BCUT2D eigenvalue weighted by Crippen LogP contribution is -2.43. The van der Waals surface area contributed by atoms with Crippen LogP contribution in [0.1, 0.15) is 35.3 Å². The van der Waals surface area contributed by atoms with Crippen molar-refractivity contribution in [2.45, 2.75) is 37.9 Å². The Balaban J connectivity index is 1.35. The van der Waals surface area contributed by atoms with Gasteiger partial charge in [-0.15, -0.1) is 0 Å². The van der Waals surface area contributed by atoms with Gasteiger partial charge in [0.25, 0.3) is 17.5 Å². The van der Waals surface area contributed by atoms with Gasteiger partial charge in [0.2, 0.25) is 11.2 Å². The van der Waals surface area contributed by atoms with Crippen LogP contribution in [0, 0.1) is 0 Å². The molecule has 0 bridgehead atoms. The summed E-state index contributed by atoms with van der Waals surface area (Å²) in [4.78, 5) is 42.4. The number of carbonyl (C=O) groups excluding carboxylic acids is 3. The largest absolute Gasteiger partial charge is 0.497 e. The summed E-state index contributed by atoms with van der Waals surface area (Å²) >= 11 is 5.70. The molecule has 1 saturated heterocycles. The Bertz CT molecular complexity index is 1370. The maximum Gasteiger partial charge on any atom is 0.307 e. The number of anilines is 2. The van der Waals surface area contributed by atoms with Gasteiger partial charge in [-0.05, 0) is 66.1 Å². The number of benzene rings is 2. The summed E-state index contributed by atoms with van der Waals surface area (Å²) in [5.41, 5.74) is 1.55. The van der Waals surface area contributed by atoms with Crippen molar-refractivity contribution in [2.75, 3.05) is 17.7 Å². The van der Waals surface area contributed by atoms with Crippen molar-refractivity contribution in [2.24, 2.45) is 7.05 Å². The zero-order valence-electron chi connectivity index (χ0n) is 20.9. The summed E-state index contributed by atoms with van der Waals surface area (Å²) in [6, 6.07) is 14.9. The second-order valence-electron chi connectivity index (χ2n) is 9.14. The first-order valence-corrected chi connectivity index (χ1v) is 12.6. The molecule has 3 aromatic rings. The van der Waals surface area contributed by atoms with Crippen LogP contribution in [-0.4, -0.2) is 57.1 Å². The summed E-state index contributed by atoms with van der Waals surface area (Å²) in [6.07, 6.45) is 1.63. The van der Waals surface area contributed by atoms with Crippen molar-refractivity contribution >= 4 is 46.6 Å². The number of rotatable bonds is 9. The molecular weight excluding hydrogens is 508 g/mol. The highest BCUT2D eigenvalue weighted by molar-refractivity contribution is 7.80. The highest BCUT2D eigenvalue weighted by Crippen LogP contribution is 2.35. The molecule has 5 rings (SSSR count). The quantitative estimate of drug-likeness (QED) is 0.316. The number of nitrogens with zero attached hydrogens (tertiary/aromatic N) is 4. The van der Waals surface area contributed by atoms with E-state index in [0.717, 1.165) is 12.8 Å². The maximum absolute atomic E-state index is 13.4. The Kier molecular flexibility index (Phi) is 7.05. The molecule has 1 aromatic heterocycles. The summed E-state index contributed by atoms with van der Waals surface area (Å²) in [6.45, 7) is 0.110. The van der Waals surface area contributed by atoms with Crippen LogP contribution >= 0.6 is 12.2 Å². The third-order valence-corrected chi connectivity index (χ3v) is 6.94.